The SMILES string of the molecule is CCCCCCCCCCCCCCC(CCCCCCCCCCCCCC)CO[C@@H]1O[C@H](CO)[C@H](O)[C@H](O)[C@H]1O. The average molecular weight is 601 g/mol. The Morgan fingerprint density at radius 3 is 1.21 bits per heavy atom. The van der Waals surface area contributed by atoms with Gasteiger partial charge in [-0.2, -0.15) is 0 Å². The predicted octanol–water partition coefficient (Wildman–Crippen LogP) is 8.60. The summed E-state index contributed by atoms with van der Waals surface area (Å²) < 4.78 is 11.6. The smallest absolute Gasteiger partial charge is 0.186 e. The fraction of sp³-hybridized carbons (Fsp3) is 1.00. The minimum Gasteiger partial charge on any atom is -0.394 e. The molecule has 6 heteroatoms. The van der Waals surface area contributed by atoms with Crippen molar-refractivity contribution in [2.45, 2.75) is 211 Å². The third-order valence-electron chi connectivity index (χ3n) is 9.28. The summed E-state index contributed by atoms with van der Waals surface area (Å²) in [6.07, 6.45) is 28.4. The molecule has 0 saturated carbocycles. The topological polar surface area (TPSA) is 99.4 Å². The van der Waals surface area contributed by atoms with Crippen LogP contribution in [-0.2, 0) is 9.47 Å². The zero-order valence-electron chi connectivity index (χ0n) is 27.9. The maximum atomic E-state index is 10.4. The molecule has 6 nitrogen and oxygen atoms in total. The van der Waals surface area contributed by atoms with Crippen LogP contribution >= 0.6 is 0 Å². The van der Waals surface area contributed by atoms with Crippen LogP contribution in [0.4, 0.5) is 0 Å². The fourth-order valence-corrected chi connectivity index (χ4v) is 6.30. The van der Waals surface area contributed by atoms with E-state index in [4.69, 9.17) is 9.47 Å². The van der Waals surface area contributed by atoms with Crippen molar-refractivity contribution in [1.29, 1.82) is 0 Å². The summed E-state index contributed by atoms with van der Waals surface area (Å²) in [5.41, 5.74) is 0. The normalized spacial score (nSPS) is 22.8. The van der Waals surface area contributed by atoms with E-state index < -0.39 is 37.3 Å². The van der Waals surface area contributed by atoms with Gasteiger partial charge >= 0.3 is 0 Å². The molecule has 4 N–H and O–H groups in total. The molecule has 0 spiro atoms. The van der Waals surface area contributed by atoms with E-state index in [9.17, 15) is 20.4 Å². The maximum absolute atomic E-state index is 10.4. The van der Waals surface area contributed by atoms with Crippen molar-refractivity contribution in [3.8, 4) is 0 Å². The molecule has 0 amide bonds. The molecule has 5 atom stereocenters. The van der Waals surface area contributed by atoms with Crippen molar-refractivity contribution in [2.75, 3.05) is 13.2 Å². The first-order valence-electron chi connectivity index (χ1n) is 18.5. The van der Waals surface area contributed by atoms with Gasteiger partial charge in [0.1, 0.15) is 24.4 Å². The van der Waals surface area contributed by atoms with Crippen molar-refractivity contribution in [3.05, 3.63) is 0 Å². The second-order valence-electron chi connectivity index (χ2n) is 13.3. The molecule has 42 heavy (non-hydrogen) atoms. The van der Waals surface area contributed by atoms with Gasteiger partial charge in [0.2, 0.25) is 0 Å². The molecule has 1 aliphatic heterocycles. The van der Waals surface area contributed by atoms with Gasteiger partial charge < -0.3 is 29.9 Å². The van der Waals surface area contributed by atoms with Gasteiger partial charge in [0.05, 0.1) is 13.2 Å². The lowest BCUT2D eigenvalue weighted by Crippen LogP contribution is -2.59. The summed E-state index contributed by atoms with van der Waals surface area (Å²) in [6.45, 7) is 4.59. The van der Waals surface area contributed by atoms with Crippen molar-refractivity contribution >= 4 is 0 Å². The third-order valence-corrected chi connectivity index (χ3v) is 9.28. The molecule has 0 aromatic rings. The Balaban J connectivity index is 2.28. The molecular formula is C36H72O6. The van der Waals surface area contributed by atoms with E-state index in [1.165, 1.54) is 154 Å². The second kappa shape index (κ2) is 28.2. The molecule has 1 fully saturated rings. The lowest BCUT2D eigenvalue weighted by Gasteiger charge is -2.40. The summed E-state index contributed by atoms with van der Waals surface area (Å²) >= 11 is 0. The van der Waals surface area contributed by atoms with Crippen molar-refractivity contribution < 1.29 is 29.9 Å². The molecule has 0 radical (unpaired) electrons. The summed E-state index contributed by atoms with van der Waals surface area (Å²) in [4.78, 5) is 0. The highest BCUT2D eigenvalue weighted by Crippen LogP contribution is 2.25. The molecule has 1 rings (SSSR count). The predicted molar refractivity (Wildman–Crippen MR) is 175 cm³/mol. The van der Waals surface area contributed by atoms with Crippen LogP contribution in [-0.4, -0.2) is 64.3 Å². The number of rotatable bonds is 30. The van der Waals surface area contributed by atoms with Gasteiger partial charge in [-0.15, -0.1) is 0 Å². The summed E-state index contributed by atoms with van der Waals surface area (Å²) in [5, 5.41) is 40.0. The van der Waals surface area contributed by atoms with Crippen LogP contribution in [0.15, 0.2) is 0 Å². The monoisotopic (exact) mass is 601 g/mol. The van der Waals surface area contributed by atoms with Crippen LogP contribution in [0, 0.1) is 5.92 Å². The van der Waals surface area contributed by atoms with Gasteiger partial charge in [0.15, 0.2) is 6.29 Å². The molecule has 0 aromatic heterocycles. The van der Waals surface area contributed by atoms with Crippen molar-refractivity contribution in [1.82, 2.24) is 0 Å². The Labute approximate surface area is 260 Å². The van der Waals surface area contributed by atoms with Gasteiger partial charge in [-0.05, 0) is 18.8 Å². The Hall–Kier alpha value is -0.240. The Morgan fingerprint density at radius 2 is 0.857 bits per heavy atom. The number of ether oxygens (including phenoxy) is 2. The van der Waals surface area contributed by atoms with E-state index in [0.717, 1.165) is 12.8 Å². The van der Waals surface area contributed by atoms with Crippen LogP contribution < -0.4 is 0 Å². The minimum atomic E-state index is -1.38. The highest BCUT2D eigenvalue weighted by atomic mass is 16.7. The molecule has 0 unspecified atom stereocenters. The van der Waals surface area contributed by atoms with Crippen LogP contribution in [0.3, 0.4) is 0 Å². The largest absolute Gasteiger partial charge is 0.394 e. The number of hydrogen-bond acceptors (Lipinski definition) is 6. The molecular weight excluding hydrogens is 528 g/mol. The number of aliphatic hydroxyl groups excluding tert-OH is 4. The summed E-state index contributed by atoms with van der Waals surface area (Å²) in [5.74, 6) is 0.392. The third kappa shape index (κ3) is 19.9. The molecule has 1 aliphatic rings. The van der Waals surface area contributed by atoms with Crippen LogP contribution in [0.1, 0.15) is 181 Å². The number of hydrogen-bond donors (Lipinski definition) is 4. The van der Waals surface area contributed by atoms with Gasteiger partial charge in [0, 0.05) is 0 Å². The second-order valence-corrected chi connectivity index (χ2v) is 13.3. The van der Waals surface area contributed by atoms with Gasteiger partial charge in [0.25, 0.3) is 0 Å². The average Bonchev–Trinajstić information content (AvgIpc) is 3.00. The van der Waals surface area contributed by atoms with Crippen molar-refractivity contribution in [2.24, 2.45) is 5.92 Å². The first-order valence-corrected chi connectivity index (χ1v) is 18.5. The molecule has 0 bridgehead atoms. The van der Waals surface area contributed by atoms with Gasteiger partial charge in [-0.3, -0.25) is 0 Å². The van der Waals surface area contributed by atoms with Gasteiger partial charge in [-0.25, -0.2) is 0 Å². The summed E-state index contributed by atoms with van der Waals surface area (Å²) in [7, 11) is 0. The molecule has 1 heterocycles. The molecule has 0 aliphatic carbocycles. The van der Waals surface area contributed by atoms with Gasteiger partial charge in [-0.1, -0.05) is 168 Å². The van der Waals surface area contributed by atoms with E-state index in [2.05, 4.69) is 13.8 Å². The van der Waals surface area contributed by atoms with Crippen LogP contribution in [0.25, 0.3) is 0 Å². The van der Waals surface area contributed by atoms with Crippen LogP contribution in [0.2, 0.25) is 0 Å². The lowest BCUT2D eigenvalue weighted by molar-refractivity contribution is -0.303. The zero-order valence-corrected chi connectivity index (χ0v) is 27.9. The molecule has 1 saturated heterocycles. The highest BCUT2D eigenvalue weighted by molar-refractivity contribution is 4.89. The van der Waals surface area contributed by atoms with Crippen molar-refractivity contribution in [3.63, 3.8) is 0 Å². The molecule has 252 valence electrons. The van der Waals surface area contributed by atoms with E-state index in [0.29, 0.717) is 12.5 Å². The molecule has 0 aromatic carbocycles. The lowest BCUT2D eigenvalue weighted by atomic mass is 9.94. The van der Waals surface area contributed by atoms with E-state index in [-0.39, 0.29) is 0 Å². The number of aliphatic hydroxyl groups is 4. The minimum absolute atomic E-state index is 0.392. The first kappa shape index (κ1) is 39.8. The highest BCUT2D eigenvalue weighted by Gasteiger charge is 2.44. The maximum Gasteiger partial charge on any atom is 0.186 e. The van der Waals surface area contributed by atoms with E-state index in [1.54, 1.807) is 0 Å². The van der Waals surface area contributed by atoms with E-state index >= 15 is 0 Å². The Bertz CT molecular complexity index is 531. The fourth-order valence-electron chi connectivity index (χ4n) is 6.30. The van der Waals surface area contributed by atoms with Crippen LogP contribution in [0.5, 0.6) is 0 Å². The number of unbranched alkanes of at least 4 members (excludes halogenated alkanes) is 22. The Kier molecular flexibility index (Phi) is 26.8. The standard InChI is InChI=1S/C36H72O6/c1-3-5-7-9-11-13-15-17-19-21-23-25-27-31(28-26-24-22-20-18-16-14-12-10-8-6-4-2)30-41-36-35(40)34(39)33(38)32(29-37)42-36/h31-40H,3-30H2,1-2H3/t32-,33+,34+,35-,36-/m1/s1. The summed E-state index contributed by atoms with van der Waals surface area (Å²) in [6, 6.07) is 0. The zero-order chi connectivity index (χ0) is 30.7. The first-order chi connectivity index (χ1) is 20.5. The van der Waals surface area contributed by atoms with E-state index in [1.807, 2.05) is 0 Å². The quantitative estimate of drug-likeness (QED) is 0.0616. The Morgan fingerprint density at radius 1 is 0.500 bits per heavy atom.